The van der Waals surface area contributed by atoms with Crippen molar-refractivity contribution in [3.05, 3.63) is 24.3 Å². The number of allylic oxidation sites excluding steroid dienone is 3. The van der Waals surface area contributed by atoms with Crippen molar-refractivity contribution < 1.29 is 9.31 Å². The number of hydrogen-bond donors (Lipinski definition) is 0. The molecular formula is C17H27BO2. The molecule has 0 amide bonds. The topological polar surface area (TPSA) is 18.5 Å². The van der Waals surface area contributed by atoms with Gasteiger partial charge in [0.15, 0.2) is 0 Å². The lowest BCUT2D eigenvalue weighted by molar-refractivity contribution is -0.199. The van der Waals surface area contributed by atoms with Gasteiger partial charge in [-0.25, -0.2) is 0 Å². The molecule has 0 N–H and O–H groups in total. The molecular weight excluding hydrogens is 247 g/mol. The minimum atomic E-state index is -0.0646. The lowest BCUT2D eigenvalue weighted by Gasteiger charge is -2.64. The Labute approximate surface area is 123 Å². The zero-order valence-electron chi connectivity index (χ0n) is 13.3. The van der Waals surface area contributed by atoms with E-state index in [1.807, 2.05) is 13.0 Å². The molecule has 3 heteroatoms. The van der Waals surface area contributed by atoms with Crippen LogP contribution in [0.25, 0.3) is 0 Å². The molecule has 0 aromatic heterocycles. The maximum atomic E-state index is 6.38. The highest BCUT2D eigenvalue weighted by Gasteiger charge is 2.67. The highest BCUT2D eigenvalue weighted by atomic mass is 16.7. The van der Waals surface area contributed by atoms with E-state index in [1.54, 1.807) is 0 Å². The summed E-state index contributed by atoms with van der Waals surface area (Å²) in [5.41, 5.74) is 1.52. The van der Waals surface area contributed by atoms with E-state index >= 15 is 0 Å². The molecule has 4 rings (SSSR count). The maximum absolute atomic E-state index is 6.38. The van der Waals surface area contributed by atoms with Gasteiger partial charge in [-0.2, -0.15) is 0 Å². The van der Waals surface area contributed by atoms with Crippen LogP contribution in [0.3, 0.4) is 0 Å². The highest BCUT2D eigenvalue weighted by Crippen LogP contribution is 2.65. The van der Waals surface area contributed by atoms with Crippen molar-refractivity contribution in [3.63, 3.8) is 0 Å². The van der Waals surface area contributed by atoms with Gasteiger partial charge >= 0.3 is 7.12 Å². The first-order chi connectivity index (χ1) is 9.38. The molecule has 0 radical (unpaired) electrons. The summed E-state index contributed by atoms with van der Waals surface area (Å²) >= 11 is 0. The van der Waals surface area contributed by atoms with E-state index in [-0.39, 0.29) is 12.7 Å². The third kappa shape index (κ3) is 2.02. The summed E-state index contributed by atoms with van der Waals surface area (Å²) in [4.78, 5) is 0. The van der Waals surface area contributed by atoms with Gasteiger partial charge in [0, 0.05) is 0 Å². The molecule has 4 fully saturated rings. The molecule has 20 heavy (non-hydrogen) atoms. The van der Waals surface area contributed by atoms with Gasteiger partial charge in [0.2, 0.25) is 0 Å². The largest absolute Gasteiger partial charge is 0.457 e. The SMILES string of the molecule is C=C(/C=C\C)CCB1OC2CC3CC(C3(C)C)[C@]2(C)O1. The van der Waals surface area contributed by atoms with Crippen molar-refractivity contribution in [3.8, 4) is 0 Å². The van der Waals surface area contributed by atoms with E-state index in [0.29, 0.717) is 17.4 Å². The molecule has 4 aliphatic rings. The van der Waals surface area contributed by atoms with Crippen LogP contribution in [0.5, 0.6) is 0 Å². The molecule has 2 bridgehead atoms. The molecule has 0 aromatic rings. The Hall–Kier alpha value is -0.535. The van der Waals surface area contributed by atoms with Crippen LogP contribution in [0, 0.1) is 17.3 Å². The highest BCUT2D eigenvalue weighted by molar-refractivity contribution is 6.45. The first kappa shape index (κ1) is 14.4. The second kappa shape index (κ2) is 4.74. The monoisotopic (exact) mass is 274 g/mol. The Morgan fingerprint density at radius 2 is 2.10 bits per heavy atom. The summed E-state index contributed by atoms with van der Waals surface area (Å²) < 4.78 is 12.6. The predicted octanol–water partition coefficient (Wildman–Crippen LogP) is 4.24. The third-order valence-electron chi connectivity index (χ3n) is 6.11. The first-order valence-electron chi connectivity index (χ1n) is 8.01. The van der Waals surface area contributed by atoms with Gasteiger partial charge in [0.05, 0.1) is 11.7 Å². The van der Waals surface area contributed by atoms with Gasteiger partial charge in [0.1, 0.15) is 0 Å². The Morgan fingerprint density at radius 1 is 1.35 bits per heavy atom. The van der Waals surface area contributed by atoms with Crippen LogP contribution in [0.2, 0.25) is 6.32 Å². The average molecular weight is 274 g/mol. The number of hydrogen-bond acceptors (Lipinski definition) is 2. The van der Waals surface area contributed by atoms with Gasteiger partial charge in [-0.1, -0.05) is 38.2 Å². The van der Waals surface area contributed by atoms with Crippen LogP contribution in [-0.2, 0) is 9.31 Å². The van der Waals surface area contributed by atoms with Gasteiger partial charge in [0.25, 0.3) is 0 Å². The maximum Gasteiger partial charge on any atom is 0.457 e. The van der Waals surface area contributed by atoms with Crippen LogP contribution >= 0.6 is 0 Å². The Bertz CT molecular complexity index is 442. The van der Waals surface area contributed by atoms with Crippen molar-refractivity contribution in [2.45, 2.75) is 65.0 Å². The summed E-state index contributed by atoms with van der Waals surface area (Å²) in [5, 5.41) is 0. The molecule has 3 unspecified atom stereocenters. The van der Waals surface area contributed by atoms with Gasteiger partial charge in [-0.15, -0.1) is 0 Å². The van der Waals surface area contributed by atoms with Gasteiger partial charge < -0.3 is 9.31 Å². The summed E-state index contributed by atoms with van der Waals surface area (Å²) in [5.74, 6) is 1.48. The molecule has 3 saturated carbocycles. The fourth-order valence-corrected chi connectivity index (χ4v) is 4.70. The predicted molar refractivity (Wildman–Crippen MR) is 83.5 cm³/mol. The first-order valence-corrected chi connectivity index (χ1v) is 8.01. The van der Waals surface area contributed by atoms with E-state index in [1.165, 1.54) is 12.8 Å². The molecule has 0 aromatic carbocycles. The Kier molecular flexibility index (Phi) is 3.41. The average Bonchev–Trinajstić information content (AvgIpc) is 2.72. The molecule has 110 valence electrons. The van der Waals surface area contributed by atoms with Gasteiger partial charge in [-0.05, 0) is 56.7 Å². The van der Waals surface area contributed by atoms with E-state index < -0.39 is 0 Å². The van der Waals surface area contributed by atoms with E-state index in [0.717, 1.165) is 24.2 Å². The molecule has 1 saturated heterocycles. The van der Waals surface area contributed by atoms with E-state index in [9.17, 15) is 0 Å². The molecule has 2 nitrogen and oxygen atoms in total. The van der Waals surface area contributed by atoms with Crippen molar-refractivity contribution in [2.24, 2.45) is 17.3 Å². The second-order valence-corrected chi connectivity index (χ2v) is 7.60. The summed E-state index contributed by atoms with van der Waals surface area (Å²) in [6.07, 6.45) is 8.79. The second-order valence-electron chi connectivity index (χ2n) is 7.60. The molecule has 4 atom stereocenters. The Balaban J connectivity index is 1.63. The van der Waals surface area contributed by atoms with E-state index in [4.69, 9.17) is 9.31 Å². The minimum Gasteiger partial charge on any atom is -0.405 e. The molecule has 0 spiro atoms. The molecule has 1 heterocycles. The van der Waals surface area contributed by atoms with Crippen LogP contribution in [-0.4, -0.2) is 18.8 Å². The van der Waals surface area contributed by atoms with Crippen molar-refractivity contribution in [2.75, 3.05) is 0 Å². The van der Waals surface area contributed by atoms with Crippen molar-refractivity contribution in [1.29, 1.82) is 0 Å². The lowest BCUT2D eigenvalue weighted by Crippen LogP contribution is -2.65. The van der Waals surface area contributed by atoms with Crippen LogP contribution < -0.4 is 0 Å². The molecule has 3 aliphatic carbocycles. The number of rotatable bonds is 4. The summed E-state index contributed by atoms with van der Waals surface area (Å²) in [6.45, 7) is 13.2. The lowest BCUT2D eigenvalue weighted by atomic mass is 9.43. The van der Waals surface area contributed by atoms with Crippen LogP contribution in [0.15, 0.2) is 24.3 Å². The zero-order valence-corrected chi connectivity index (χ0v) is 13.3. The fourth-order valence-electron chi connectivity index (χ4n) is 4.70. The van der Waals surface area contributed by atoms with Gasteiger partial charge in [-0.3, -0.25) is 0 Å². The fraction of sp³-hybridized carbons (Fsp3) is 0.765. The minimum absolute atomic E-state index is 0.0397. The van der Waals surface area contributed by atoms with Crippen molar-refractivity contribution >= 4 is 7.12 Å². The summed E-state index contributed by atoms with van der Waals surface area (Å²) in [7, 11) is -0.0397. The quantitative estimate of drug-likeness (QED) is 0.564. The van der Waals surface area contributed by atoms with Crippen LogP contribution in [0.4, 0.5) is 0 Å². The zero-order chi connectivity index (χ0) is 14.5. The third-order valence-corrected chi connectivity index (χ3v) is 6.11. The summed E-state index contributed by atoms with van der Waals surface area (Å²) in [6, 6.07) is 0. The van der Waals surface area contributed by atoms with E-state index in [2.05, 4.69) is 33.4 Å². The standard InChI is InChI=1S/C17H27BO2/c1-6-7-12(2)8-9-18-19-15-11-13-10-14(16(13,3)4)17(15,5)20-18/h6-7,13-15H,2,8-11H2,1,3-5H3/b7-6-/t13?,14?,15?,17-/m0/s1. The smallest absolute Gasteiger partial charge is 0.405 e. The Morgan fingerprint density at radius 3 is 2.75 bits per heavy atom. The van der Waals surface area contributed by atoms with Crippen molar-refractivity contribution in [1.82, 2.24) is 0 Å². The van der Waals surface area contributed by atoms with Crippen LogP contribution in [0.1, 0.15) is 47.0 Å². The normalized spacial score (nSPS) is 41.6. The molecule has 1 aliphatic heterocycles.